The van der Waals surface area contributed by atoms with Crippen LogP contribution in [0, 0.1) is 17.0 Å². The smallest absolute Gasteiger partial charge is 0.269 e. The van der Waals surface area contributed by atoms with Crippen molar-refractivity contribution in [2.75, 3.05) is 5.32 Å². The van der Waals surface area contributed by atoms with Gasteiger partial charge in [0.1, 0.15) is 0 Å². The van der Waals surface area contributed by atoms with Gasteiger partial charge in [-0.1, -0.05) is 18.2 Å². The second kappa shape index (κ2) is 5.20. The van der Waals surface area contributed by atoms with Crippen molar-refractivity contribution in [1.82, 2.24) is 4.98 Å². The molecule has 1 N–H and O–H groups in total. The lowest BCUT2D eigenvalue weighted by Crippen LogP contribution is -1.96. The highest BCUT2D eigenvalue weighted by Gasteiger charge is 2.09. The standard InChI is InChI=1S/C16H13N3O2/c1-11-10-12(19(20)21)6-7-14(11)18-16-8-9-17-15-5-3-2-4-13(15)16/h2-10H,1H3,(H,17,18). The van der Waals surface area contributed by atoms with Gasteiger partial charge in [0.2, 0.25) is 0 Å². The SMILES string of the molecule is Cc1cc([N+](=O)[O-])ccc1Nc1ccnc2ccccc12. The molecule has 0 aliphatic carbocycles. The molecule has 0 saturated carbocycles. The maximum Gasteiger partial charge on any atom is 0.269 e. The van der Waals surface area contributed by atoms with Crippen LogP contribution in [0.2, 0.25) is 0 Å². The number of nitro benzene ring substituents is 1. The number of hydrogen-bond donors (Lipinski definition) is 1. The van der Waals surface area contributed by atoms with Crippen LogP contribution in [0.4, 0.5) is 17.1 Å². The van der Waals surface area contributed by atoms with E-state index in [2.05, 4.69) is 10.3 Å². The second-order valence-electron chi connectivity index (χ2n) is 4.76. The highest BCUT2D eigenvalue weighted by molar-refractivity contribution is 5.92. The van der Waals surface area contributed by atoms with Crippen molar-refractivity contribution in [2.24, 2.45) is 0 Å². The molecular weight excluding hydrogens is 266 g/mol. The molecule has 3 aromatic rings. The number of aromatic nitrogens is 1. The summed E-state index contributed by atoms with van der Waals surface area (Å²) in [4.78, 5) is 14.7. The molecular formula is C16H13N3O2. The fourth-order valence-electron chi connectivity index (χ4n) is 2.25. The molecule has 1 aromatic heterocycles. The Bertz CT molecular complexity index is 825. The molecule has 104 valence electrons. The number of pyridine rings is 1. The van der Waals surface area contributed by atoms with Crippen LogP contribution in [-0.2, 0) is 0 Å². The first-order valence-electron chi connectivity index (χ1n) is 6.51. The third-order valence-corrected chi connectivity index (χ3v) is 3.34. The molecule has 5 nitrogen and oxygen atoms in total. The maximum absolute atomic E-state index is 10.8. The molecule has 0 aliphatic heterocycles. The number of anilines is 2. The largest absolute Gasteiger partial charge is 0.355 e. The molecule has 0 amide bonds. The molecule has 0 fully saturated rings. The molecule has 0 bridgehead atoms. The lowest BCUT2D eigenvalue weighted by atomic mass is 10.1. The van der Waals surface area contributed by atoms with Gasteiger partial charge in [-0.15, -0.1) is 0 Å². The Labute approximate surface area is 121 Å². The zero-order valence-corrected chi connectivity index (χ0v) is 11.4. The summed E-state index contributed by atoms with van der Waals surface area (Å²) in [5.41, 5.74) is 3.60. The van der Waals surface area contributed by atoms with Crippen LogP contribution in [0.15, 0.2) is 54.7 Å². The first-order valence-corrected chi connectivity index (χ1v) is 6.51. The number of para-hydroxylation sites is 1. The van der Waals surface area contributed by atoms with Gasteiger partial charge in [-0.3, -0.25) is 15.1 Å². The predicted molar refractivity (Wildman–Crippen MR) is 82.9 cm³/mol. The number of rotatable bonds is 3. The molecule has 0 aliphatic rings. The molecule has 21 heavy (non-hydrogen) atoms. The lowest BCUT2D eigenvalue weighted by molar-refractivity contribution is -0.384. The normalized spacial score (nSPS) is 10.5. The fraction of sp³-hybridized carbons (Fsp3) is 0.0625. The molecule has 0 radical (unpaired) electrons. The van der Waals surface area contributed by atoms with E-state index in [1.165, 1.54) is 6.07 Å². The van der Waals surface area contributed by atoms with Gasteiger partial charge in [-0.25, -0.2) is 0 Å². The molecule has 0 unspecified atom stereocenters. The Morgan fingerprint density at radius 3 is 2.67 bits per heavy atom. The van der Waals surface area contributed by atoms with E-state index in [1.807, 2.05) is 37.3 Å². The van der Waals surface area contributed by atoms with Crippen molar-refractivity contribution in [3.05, 3.63) is 70.4 Å². The zero-order valence-electron chi connectivity index (χ0n) is 11.4. The first-order chi connectivity index (χ1) is 10.1. The molecule has 1 heterocycles. The minimum Gasteiger partial charge on any atom is -0.355 e. The van der Waals surface area contributed by atoms with Crippen molar-refractivity contribution in [2.45, 2.75) is 6.92 Å². The van der Waals surface area contributed by atoms with E-state index in [4.69, 9.17) is 0 Å². The predicted octanol–water partition coefficient (Wildman–Crippen LogP) is 4.20. The summed E-state index contributed by atoms with van der Waals surface area (Å²) >= 11 is 0. The fourth-order valence-corrected chi connectivity index (χ4v) is 2.25. The van der Waals surface area contributed by atoms with Crippen LogP contribution < -0.4 is 5.32 Å². The van der Waals surface area contributed by atoms with E-state index in [0.29, 0.717) is 0 Å². The molecule has 0 saturated heterocycles. The number of nitrogens with zero attached hydrogens (tertiary/aromatic N) is 2. The quantitative estimate of drug-likeness (QED) is 0.576. The Morgan fingerprint density at radius 2 is 1.90 bits per heavy atom. The van der Waals surface area contributed by atoms with Crippen LogP contribution in [0.3, 0.4) is 0 Å². The maximum atomic E-state index is 10.8. The molecule has 2 aromatic carbocycles. The average Bonchev–Trinajstić information content (AvgIpc) is 2.49. The van der Waals surface area contributed by atoms with Crippen LogP contribution in [0.25, 0.3) is 10.9 Å². The topological polar surface area (TPSA) is 68.1 Å². The number of fused-ring (bicyclic) bond motifs is 1. The van der Waals surface area contributed by atoms with Crippen molar-refractivity contribution in [3.63, 3.8) is 0 Å². The third-order valence-electron chi connectivity index (χ3n) is 3.34. The van der Waals surface area contributed by atoms with Crippen LogP contribution in [-0.4, -0.2) is 9.91 Å². The van der Waals surface area contributed by atoms with Crippen LogP contribution in [0.1, 0.15) is 5.56 Å². The second-order valence-corrected chi connectivity index (χ2v) is 4.76. The monoisotopic (exact) mass is 279 g/mol. The summed E-state index contributed by atoms with van der Waals surface area (Å²) < 4.78 is 0. The zero-order chi connectivity index (χ0) is 14.8. The van der Waals surface area contributed by atoms with Crippen molar-refractivity contribution in [3.8, 4) is 0 Å². The lowest BCUT2D eigenvalue weighted by Gasteiger charge is -2.11. The molecule has 0 spiro atoms. The van der Waals surface area contributed by atoms with E-state index in [-0.39, 0.29) is 5.69 Å². The Morgan fingerprint density at radius 1 is 1.10 bits per heavy atom. The number of non-ortho nitro benzene ring substituents is 1. The number of nitro groups is 1. The van der Waals surface area contributed by atoms with Gasteiger partial charge in [0.25, 0.3) is 5.69 Å². The van der Waals surface area contributed by atoms with Crippen LogP contribution in [0.5, 0.6) is 0 Å². The minimum atomic E-state index is -0.390. The highest BCUT2D eigenvalue weighted by Crippen LogP contribution is 2.28. The molecule has 0 atom stereocenters. The van der Waals surface area contributed by atoms with E-state index in [9.17, 15) is 10.1 Å². The van der Waals surface area contributed by atoms with E-state index in [1.54, 1.807) is 18.3 Å². The van der Waals surface area contributed by atoms with E-state index >= 15 is 0 Å². The Hall–Kier alpha value is -2.95. The summed E-state index contributed by atoms with van der Waals surface area (Å²) in [7, 11) is 0. The van der Waals surface area contributed by atoms with Gasteiger partial charge >= 0.3 is 0 Å². The number of hydrogen-bond acceptors (Lipinski definition) is 4. The summed E-state index contributed by atoms with van der Waals surface area (Å²) in [5, 5.41) is 15.1. The van der Waals surface area contributed by atoms with Gasteiger partial charge in [-0.2, -0.15) is 0 Å². The van der Waals surface area contributed by atoms with Crippen molar-refractivity contribution >= 4 is 28.0 Å². The number of benzene rings is 2. The van der Waals surface area contributed by atoms with Gasteiger partial charge in [-0.05, 0) is 30.7 Å². The third kappa shape index (κ3) is 2.53. The average molecular weight is 279 g/mol. The summed E-state index contributed by atoms with van der Waals surface area (Å²) in [5.74, 6) is 0. The molecule has 5 heteroatoms. The summed E-state index contributed by atoms with van der Waals surface area (Å²) in [6.07, 6.45) is 1.74. The number of nitrogens with one attached hydrogen (secondary N) is 1. The van der Waals surface area contributed by atoms with Gasteiger partial charge < -0.3 is 5.32 Å². The van der Waals surface area contributed by atoms with Crippen LogP contribution >= 0.6 is 0 Å². The summed E-state index contributed by atoms with van der Waals surface area (Å²) in [6.45, 7) is 1.85. The minimum absolute atomic E-state index is 0.0950. The molecule has 3 rings (SSSR count). The van der Waals surface area contributed by atoms with Gasteiger partial charge in [0.05, 0.1) is 10.4 Å². The highest BCUT2D eigenvalue weighted by atomic mass is 16.6. The number of aryl methyl sites for hydroxylation is 1. The summed E-state index contributed by atoms with van der Waals surface area (Å²) in [6, 6.07) is 14.5. The van der Waals surface area contributed by atoms with Gasteiger partial charge in [0, 0.05) is 35.1 Å². The first kappa shape index (κ1) is 13.1. The van der Waals surface area contributed by atoms with E-state index in [0.717, 1.165) is 27.8 Å². The van der Waals surface area contributed by atoms with Crippen molar-refractivity contribution in [1.29, 1.82) is 0 Å². The van der Waals surface area contributed by atoms with Crippen molar-refractivity contribution < 1.29 is 4.92 Å². The Balaban J connectivity index is 2.01. The van der Waals surface area contributed by atoms with Gasteiger partial charge in [0.15, 0.2) is 0 Å². The van der Waals surface area contributed by atoms with E-state index < -0.39 is 4.92 Å². The Kier molecular flexibility index (Phi) is 3.23.